The van der Waals surface area contributed by atoms with Crippen LogP contribution >= 0.6 is 11.8 Å². The molecule has 0 aromatic heterocycles. The van der Waals surface area contributed by atoms with E-state index in [2.05, 4.69) is 12.2 Å². The van der Waals surface area contributed by atoms with Crippen molar-refractivity contribution in [2.75, 3.05) is 42.3 Å². The molecule has 11 heteroatoms. The van der Waals surface area contributed by atoms with Gasteiger partial charge in [0.25, 0.3) is 5.91 Å². The maximum atomic E-state index is 13.2. The lowest BCUT2D eigenvalue weighted by atomic mass is 9.89. The molecule has 3 amide bonds. The van der Waals surface area contributed by atoms with Crippen molar-refractivity contribution >= 4 is 45.2 Å². The van der Waals surface area contributed by atoms with Crippen LogP contribution in [0.2, 0.25) is 0 Å². The first-order chi connectivity index (χ1) is 18.0. The Morgan fingerprint density at radius 3 is 2.37 bits per heavy atom. The highest BCUT2D eigenvalue weighted by atomic mass is 32.2. The largest absolute Gasteiger partial charge is 0.351 e. The summed E-state index contributed by atoms with van der Waals surface area (Å²) in [7, 11) is -1.89. The lowest BCUT2D eigenvalue weighted by Gasteiger charge is -2.34. The summed E-state index contributed by atoms with van der Waals surface area (Å²) < 4.78 is 27.9. The predicted molar refractivity (Wildman–Crippen MR) is 157 cm³/mol. The van der Waals surface area contributed by atoms with Gasteiger partial charge in [-0.05, 0) is 86.3 Å². The second-order valence-corrected chi connectivity index (χ2v) is 13.8. The summed E-state index contributed by atoms with van der Waals surface area (Å²) in [4.78, 5) is 30.4. The number of benzene rings is 1. The lowest BCUT2D eigenvalue weighted by molar-refractivity contribution is -0.124. The number of nitrogens with one attached hydrogen (secondary N) is 1. The van der Waals surface area contributed by atoms with Crippen molar-refractivity contribution in [1.82, 2.24) is 9.62 Å². The van der Waals surface area contributed by atoms with Crippen molar-refractivity contribution in [2.45, 2.75) is 77.7 Å². The van der Waals surface area contributed by atoms with Crippen LogP contribution in [-0.2, 0) is 21.2 Å². The molecule has 0 atom stereocenters. The van der Waals surface area contributed by atoms with E-state index >= 15 is 0 Å². The zero-order chi connectivity index (χ0) is 27.9. The standard InChI is InChI=1S/C27H43N5O4S2/c1-5-37-16-9-7-6-8-10-24-29-25(33)27(30-24)12-14-32(15-13-27)38(35,36)17-11-23-20(2)18-22(19-21(23)3)31(4)26(28)34/h18-19H,5-17H2,1-4H3,(H2,28,34)(H,29,30,33). The molecule has 38 heavy (non-hydrogen) atoms. The summed E-state index contributed by atoms with van der Waals surface area (Å²) in [5.41, 5.74) is 8.03. The quantitative estimate of drug-likeness (QED) is 0.352. The molecule has 0 aliphatic carbocycles. The first-order valence-corrected chi connectivity index (χ1v) is 16.3. The van der Waals surface area contributed by atoms with E-state index in [4.69, 9.17) is 10.7 Å². The topological polar surface area (TPSA) is 125 Å². The fraction of sp³-hybridized carbons (Fsp3) is 0.667. The Morgan fingerprint density at radius 1 is 1.13 bits per heavy atom. The fourth-order valence-electron chi connectivity index (χ4n) is 5.22. The van der Waals surface area contributed by atoms with Crippen molar-refractivity contribution in [3.8, 4) is 0 Å². The first kappa shape index (κ1) is 30.4. The number of amides is 3. The number of nitrogens with two attached hydrogens (primary N) is 1. The molecule has 1 spiro atoms. The van der Waals surface area contributed by atoms with E-state index < -0.39 is 21.6 Å². The maximum absolute atomic E-state index is 13.2. The number of hydrogen-bond acceptors (Lipinski definition) is 6. The number of carbonyl (C=O) groups is 2. The summed E-state index contributed by atoms with van der Waals surface area (Å²) in [5.74, 6) is 3.02. The number of sulfonamides is 1. The number of unbranched alkanes of at least 4 members (excludes halogenated alkanes) is 3. The van der Waals surface area contributed by atoms with Gasteiger partial charge in [0.2, 0.25) is 10.0 Å². The fourth-order valence-corrected chi connectivity index (χ4v) is 7.37. The Kier molecular flexibility index (Phi) is 10.7. The first-order valence-electron chi connectivity index (χ1n) is 13.6. The van der Waals surface area contributed by atoms with Gasteiger partial charge in [0.15, 0.2) is 0 Å². The molecule has 0 saturated carbocycles. The van der Waals surface area contributed by atoms with Gasteiger partial charge in [-0.15, -0.1) is 0 Å². The Morgan fingerprint density at radius 2 is 1.76 bits per heavy atom. The number of rotatable bonds is 13. The second kappa shape index (κ2) is 13.3. The van der Waals surface area contributed by atoms with Gasteiger partial charge in [-0.2, -0.15) is 11.8 Å². The van der Waals surface area contributed by atoms with Crippen molar-refractivity contribution in [1.29, 1.82) is 0 Å². The molecule has 2 aliphatic rings. The van der Waals surface area contributed by atoms with Crippen LogP contribution < -0.4 is 16.0 Å². The molecular weight excluding hydrogens is 522 g/mol. The van der Waals surface area contributed by atoms with Gasteiger partial charge in [0, 0.05) is 32.2 Å². The van der Waals surface area contributed by atoms with Crippen LogP contribution in [-0.4, -0.2) is 73.4 Å². The van der Waals surface area contributed by atoms with E-state index in [1.807, 2.05) is 37.7 Å². The Hall–Kier alpha value is -2.11. The number of thioether (sulfide) groups is 1. The number of carbonyl (C=O) groups excluding carboxylic acids is 2. The van der Waals surface area contributed by atoms with Gasteiger partial charge >= 0.3 is 6.03 Å². The number of aliphatic imine (C=N–C) groups is 1. The third-order valence-electron chi connectivity index (χ3n) is 7.64. The van der Waals surface area contributed by atoms with Gasteiger partial charge in [-0.3, -0.25) is 14.7 Å². The number of nitrogens with zero attached hydrogens (tertiary/aromatic N) is 3. The normalized spacial score (nSPS) is 17.5. The molecule has 0 bridgehead atoms. The highest BCUT2D eigenvalue weighted by Gasteiger charge is 2.47. The monoisotopic (exact) mass is 565 g/mol. The van der Waals surface area contributed by atoms with Crippen molar-refractivity contribution in [3.05, 3.63) is 28.8 Å². The Balaban J connectivity index is 1.53. The molecule has 0 radical (unpaired) electrons. The maximum Gasteiger partial charge on any atom is 0.318 e. The molecule has 1 saturated heterocycles. The van der Waals surface area contributed by atoms with Crippen LogP contribution in [0, 0.1) is 13.8 Å². The van der Waals surface area contributed by atoms with Crippen LogP contribution in [0.15, 0.2) is 17.1 Å². The van der Waals surface area contributed by atoms with E-state index in [1.54, 1.807) is 7.05 Å². The average Bonchev–Trinajstić information content (AvgIpc) is 3.16. The lowest BCUT2D eigenvalue weighted by Crippen LogP contribution is -2.50. The van der Waals surface area contributed by atoms with Crippen LogP contribution in [0.5, 0.6) is 0 Å². The minimum atomic E-state index is -3.49. The van der Waals surface area contributed by atoms with Gasteiger partial charge in [-0.1, -0.05) is 19.8 Å². The van der Waals surface area contributed by atoms with E-state index in [1.165, 1.54) is 27.8 Å². The molecule has 0 unspecified atom stereocenters. The molecule has 1 aromatic rings. The van der Waals surface area contributed by atoms with Crippen molar-refractivity contribution in [3.63, 3.8) is 0 Å². The van der Waals surface area contributed by atoms with Crippen LogP contribution in [0.1, 0.15) is 68.6 Å². The minimum absolute atomic E-state index is 0.00976. The van der Waals surface area contributed by atoms with E-state index in [0.29, 0.717) is 38.0 Å². The van der Waals surface area contributed by atoms with E-state index in [-0.39, 0.29) is 11.7 Å². The highest BCUT2D eigenvalue weighted by Crippen LogP contribution is 2.32. The van der Waals surface area contributed by atoms with Gasteiger partial charge in [-0.25, -0.2) is 17.5 Å². The van der Waals surface area contributed by atoms with Gasteiger partial charge in [0.05, 0.1) is 5.75 Å². The molecule has 2 heterocycles. The molecule has 9 nitrogen and oxygen atoms in total. The molecule has 3 rings (SSSR count). The molecule has 1 fully saturated rings. The van der Waals surface area contributed by atoms with Gasteiger partial charge < -0.3 is 11.1 Å². The summed E-state index contributed by atoms with van der Waals surface area (Å²) >= 11 is 1.97. The summed E-state index contributed by atoms with van der Waals surface area (Å²) in [6, 6.07) is 3.15. The van der Waals surface area contributed by atoms with Gasteiger partial charge in [0.1, 0.15) is 11.4 Å². The average molecular weight is 566 g/mol. The third kappa shape index (κ3) is 7.51. The van der Waals surface area contributed by atoms with Crippen molar-refractivity contribution in [2.24, 2.45) is 10.7 Å². The summed E-state index contributed by atoms with van der Waals surface area (Å²) in [5, 5.41) is 2.96. The SMILES string of the molecule is CCSCCCCCCC1=NC2(CCN(S(=O)(=O)CCc3c(C)cc(N(C)C(N)=O)cc3C)CC2)C(=O)N1. The number of anilines is 1. The number of amidine groups is 1. The highest BCUT2D eigenvalue weighted by molar-refractivity contribution is 7.99. The second-order valence-electron chi connectivity index (χ2n) is 10.3. The summed E-state index contributed by atoms with van der Waals surface area (Å²) in [6.07, 6.45) is 6.50. The number of primary amides is 1. The van der Waals surface area contributed by atoms with Crippen LogP contribution in [0.25, 0.3) is 0 Å². The number of aryl methyl sites for hydroxylation is 2. The molecule has 2 aliphatic heterocycles. The molecule has 3 N–H and O–H groups in total. The van der Waals surface area contributed by atoms with Crippen LogP contribution in [0.4, 0.5) is 10.5 Å². The third-order valence-corrected chi connectivity index (χ3v) is 10.5. The zero-order valence-electron chi connectivity index (χ0n) is 23.2. The number of hydrogen-bond donors (Lipinski definition) is 2. The Bertz CT molecular complexity index is 1120. The molecule has 1 aromatic carbocycles. The summed E-state index contributed by atoms with van der Waals surface area (Å²) in [6.45, 7) is 6.59. The molecular formula is C27H43N5O4S2. The predicted octanol–water partition coefficient (Wildman–Crippen LogP) is 3.76. The van der Waals surface area contributed by atoms with E-state index in [9.17, 15) is 18.0 Å². The zero-order valence-corrected chi connectivity index (χ0v) is 24.8. The van der Waals surface area contributed by atoms with E-state index in [0.717, 1.165) is 47.5 Å². The van der Waals surface area contributed by atoms with Crippen LogP contribution in [0.3, 0.4) is 0 Å². The van der Waals surface area contributed by atoms with Crippen molar-refractivity contribution < 1.29 is 18.0 Å². The minimum Gasteiger partial charge on any atom is -0.351 e. The number of piperidine rings is 1. The Labute approximate surface area is 232 Å². The number of urea groups is 1. The smallest absolute Gasteiger partial charge is 0.318 e. The molecule has 212 valence electrons.